The van der Waals surface area contributed by atoms with Crippen LogP contribution in [0.5, 0.6) is 0 Å². The summed E-state index contributed by atoms with van der Waals surface area (Å²) in [5, 5.41) is 9.07. The van der Waals surface area contributed by atoms with Gasteiger partial charge in [0.1, 0.15) is 5.82 Å². The molecule has 0 aliphatic carbocycles. The van der Waals surface area contributed by atoms with Gasteiger partial charge in [0.25, 0.3) is 0 Å². The highest BCUT2D eigenvalue weighted by Crippen LogP contribution is 2.18. The first-order chi connectivity index (χ1) is 8.20. The van der Waals surface area contributed by atoms with E-state index < -0.39 is 0 Å². The first-order valence-corrected chi connectivity index (χ1v) is 6.02. The fraction of sp³-hybridized carbons (Fsp3) is 0.538. The van der Waals surface area contributed by atoms with Crippen LogP contribution in [0.2, 0.25) is 0 Å². The Labute approximate surface area is 102 Å². The maximum atomic E-state index is 11.5. The number of carbonyl (C=O) groups is 1. The Morgan fingerprint density at radius 2 is 2.24 bits per heavy atom. The highest BCUT2D eigenvalue weighted by Gasteiger charge is 2.14. The van der Waals surface area contributed by atoms with Crippen molar-refractivity contribution in [3.05, 3.63) is 23.9 Å². The Morgan fingerprint density at radius 1 is 1.47 bits per heavy atom. The smallest absolute Gasteiger partial charge is 0.163 e. The second-order valence-corrected chi connectivity index (χ2v) is 3.99. The number of carbonyl (C=O) groups excluding carboxylic acids is 1. The Morgan fingerprint density at radius 3 is 2.82 bits per heavy atom. The van der Waals surface area contributed by atoms with Crippen LogP contribution in [0.4, 0.5) is 5.82 Å². The molecule has 1 aromatic heterocycles. The normalized spacial score (nSPS) is 10.3. The molecule has 4 nitrogen and oxygen atoms in total. The van der Waals surface area contributed by atoms with E-state index in [2.05, 4.69) is 11.9 Å². The predicted molar refractivity (Wildman–Crippen MR) is 68.4 cm³/mol. The number of nitrogens with zero attached hydrogens (tertiary/aromatic N) is 2. The van der Waals surface area contributed by atoms with Crippen molar-refractivity contribution in [1.29, 1.82) is 0 Å². The molecule has 0 radical (unpaired) electrons. The summed E-state index contributed by atoms with van der Waals surface area (Å²) < 4.78 is 0. The quantitative estimate of drug-likeness (QED) is 0.734. The van der Waals surface area contributed by atoms with Gasteiger partial charge in [0, 0.05) is 19.3 Å². The summed E-state index contributed by atoms with van der Waals surface area (Å²) in [5.74, 6) is 0.690. The average molecular weight is 236 g/mol. The molecule has 17 heavy (non-hydrogen) atoms. The summed E-state index contributed by atoms with van der Waals surface area (Å²) in [4.78, 5) is 17.8. The van der Waals surface area contributed by atoms with Crippen molar-refractivity contribution in [2.24, 2.45) is 0 Å². The van der Waals surface area contributed by atoms with E-state index >= 15 is 0 Å². The second-order valence-electron chi connectivity index (χ2n) is 3.99. The molecule has 0 saturated heterocycles. The number of anilines is 1. The number of aromatic nitrogens is 1. The number of rotatable bonds is 7. The molecule has 4 heteroatoms. The summed E-state index contributed by atoms with van der Waals surface area (Å²) in [5.41, 5.74) is 0.622. The van der Waals surface area contributed by atoms with Crippen molar-refractivity contribution in [2.45, 2.75) is 26.7 Å². The largest absolute Gasteiger partial charge is 0.395 e. The standard InChI is InChI=1S/C13H20N2O2/c1-3-4-8-15(9-10-16)13-12(11(2)17)6-5-7-14-13/h5-7,16H,3-4,8-10H2,1-2H3. The van der Waals surface area contributed by atoms with Crippen LogP contribution in [0.1, 0.15) is 37.0 Å². The van der Waals surface area contributed by atoms with Crippen molar-refractivity contribution in [3.63, 3.8) is 0 Å². The maximum Gasteiger partial charge on any atom is 0.163 e. The van der Waals surface area contributed by atoms with Gasteiger partial charge >= 0.3 is 0 Å². The molecule has 0 aliphatic heterocycles. The van der Waals surface area contributed by atoms with E-state index in [1.807, 2.05) is 4.90 Å². The Bertz CT molecular complexity index is 366. The molecule has 1 heterocycles. The molecule has 1 aromatic rings. The van der Waals surface area contributed by atoms with Crippen LogP contribution in [0.15, 0.2) is 18.3 Å². The van der Waals surface area contributed by atoms with Crippen LogP contribution < -0.4 is 4.90 Å². The van der Waals surface area contributed by atoms with E-state index in [4.69, 9.17) is 5.11 Å². The number of Topliss-reactive ketones (excluding diaryl/α,β-unsaturated/α-hetero) is 1. The van der Waals surface area contributed by atoms with Crippen molar-refractivity contribution >= 4 is 11.6 Å². The predicted octanol–water partition coefficient (Wildman–Crippen LogP) is 1.88. The van der Waals surface area contributed by atoms with Gasteiger partial charge in [-0.2, -0.15) is 0 Å². The molecule has 94 valence electrons. The van der Waals surface area contributed by atoms with Crippen LogP contribution in [0, 0.1) is 0 Å². The minimum absolute atomic E-state index is 0.00698. The van der Waals surface area contributed by atoms with Crippen LogP contribution in [-0.4, -0.2) is 35.6 Å². The first kappa shape index (κ1) is 13.6. The lowest BCUT2D eigenvalue weighted by Gasteiger charge is -2.24. The number of hydrogen-bond donors (Lipinski definition) is 1. The number of hydrogen-bond acceptors (Lipinski definition) is 4. The number of ketones is 1. The van der Waals surface area contributed by atoms with E-state index in [0.29, 0.717) is 17.9 Å². The third kappa shape index (κ3) is 3.82. The van der Waals surface area contributed by atoms with Crippen molar-refractivity contribution < 1.29 is 9.90 Å². The van der Waals surface area contributed by atoms with Crippen LogP contribution in [0.3, 0.4) is 0 Å². The maximum absolute atomic E-state index is 11.5. The van der Waals surface area contributed by atoms with E-state index in [0.717, 1.165) is 19.4 Å². The zero-order valence-corrected chi connectivity index (χ0v) is 10.5. The number of aliphatic hydroxyl groups excluding tert-OH is 1. The third-order valence-corrected chi connectivity index (χ3v) is 2.62. The van der Waals surface area contributed by atoms with Gasteiger partial charge in [0.15, 0.2) is 5.78 Å². The fourth-order valence-electron chi connectivity index (χ4n) is 1.72. The molecular formula is C13H20N2O2. The lowest BCUT2D eigenvalue weighted by molar-refractivity contribution is 0.101. The van der Waals surface area contributed by atoms with Gasteiger partial charge in [-0.25, -0.2) is 4.98 Å². The molecule has 1 N–H and O–H groups in total. The molecule has 0 fully saturated rings. The first-order valence-electron chi connectivity index (χ1n) is 6.02. The highest BCUT2D eigenvalue weighted by molar-refractivity contribution is 5.98. The SMILES string of the molecule is CCCCN(CCO)c1ncccc1C(C)=O. The van der Waals surface area contributed by atoms with Gasteiger partial charge in [0.2, 0.25) is 0 Å². The topological polar surface area (TPSA) is 53.4 Å². The monoisotopic (exact) mass is 236 g/mol. The molecule has 1 rings (SSSR count). The molecule has 0 bridgehead atoms. The highest BCUT2D eigenvalue weighted by atomic mass is 16.3. The number of aliphatic hydroxyl groups is 1. The van der Waals surface area contributed by atoms with Crippen molar-refractivity contribution in [2.75, 3.05) is 24.6 Å². The molecular weight excluding hydrogens is 216 g/mol. The van der Waals surface area contributed by atoms with E-state index in [-0.39, 0.29) is 12.4 Å². The number of unbranched alkanes of at least 4 members (excludes halogenated alkanes) is 1. The molecule has 0 spiro atoms. The van der Waals surface area contributed by atoms with Gasteiger partial charge in [-0.1, -0.05) is 13.3 Å². The lowest BCUT2D eigenvalue weighted by Crippen LogP contribution is -2.30. The van der Waals surface area contributed by atoms with Crippen LogP contribution >= 0.6 is 0 Å². The summed E-state index contributed by atoms with van der Waals surface area (Å²) in [6.07, 6.45) is 3.77. The van der Waals surface area contributed by atoms with Gasteiger partial charge in [-0.3, -0.25) is 4.79 Å². The van der Waals surface area contributed by atoms with Crippen LogP contribution in [-0.2, 0) is 0 Å². The lowest BCUT2D eigenvalue weighted by atomic mass is 10.1. The molecule has 0 aromatic carbocycles. The molecule has 0 unspecified atom stereocenters. The Kier molecular flexibility index (Phi) is 5.63. The molecule has 0 saturated carbocycles. The minimum atomic E-state index is 0.00698. The summed E-state index contributed by atoms with van der Waals surface area (Å²) >= 11 is 0. The average Bonchev–Trinajstić information content (AvgIpc) is 2.34. The Balaban J connectivity index is 2.95. The molecule has 0 amide bonds. The second kappa shape index (κ2) is 7.01. The van der Waals surface area contributed by atoms with E-state index in [9.17, 15) is 4.79 Å². The fourth-order valence-corrected chi connectivity index (χ4v) is 1.72. The van der Waals surface area contributed by atoms with Crippen LogP contribution in [0.25, 0.3) is 0 Å². The molecule has 0 aliphatic rings. The van der Waals surface area contributed by atoms with E-state index in [1.165, 1.54) is 6.92 Å². The Hall–Kier alpha value is -1.42. The third-order valence-electron chi connectivity index (χ3n) is 2.62. The molecule has 0 atom stereocenters. The van der Waals surface area contributed by atoms with Gasteiger partial charge in [0.05, 0.1) is 12.2 Å². The summed E-state index contributed by atoms with van der Waals surface area (Å²) in [6.45, 7) is 5.04. The summed E-state index contributed by atoms with van der Waals surface area (Å²) in [7, 11) is 0. The van der Waals surface area contributed by atoms with Gasteiger partial charge < -0.3 is 10.0 Å². The summed E-state index contributed by atoms with van der Waals surface area (Å²) in [6, 6.07) is 3.54. The minimum Gasteiger partial charge on any atom is -0.395 e. The van der Waals surface area contributed by atoms with Crippen molar-refractivity contribution in [3.8, 4) is 0 Å². The zero-order valence-electron chi connectivity index (χ0n) is 10.5. The van der Waals surface area contributed by atoms with Gasteiger partial charge in [-0.05, 0) is 25.5 Å². The van der Waals surface area contributed by atoms with Gasteiger partial charge in [-0.15, -0.1) is 0 Å². The van der Waals surface area contributed by atoms with E-state index in [1.54, 1.807) is 18.3 Å². The van der Waals surface area contributed by atoms with Crippen molar-refractivity contribution in [1.82, 2.24) is 4.98 Å². The zero-order chi connectivity index (χ0) is 12.7. The number of pyridine rings is 1.